The first kappa shape index (κ1) is 16.4. The van der Waals surface area contributed by atoms with Gasteiger partial charge in [0.15, 0.2) is 22.7 Å². The minimum Gasteiger partial charge on any atom is -0.484 e. The Morgan fingerprint density at radius 3 is 2.81 bits per heavy atom. The van der Waals surface area contributed by atoms with E-state index in [1.165, 1.54) is 4.57 Å². The lowest BCUT2D eigenvalue weighted by atomic mass is 10.3. The summed E-state index contributed by atoms with van der Waals surface area (Å²) in [6, 6.07) is 3.53. The van der Waals surface area contributed by atoms with Crippen LogP contribution in [0, 0.1) is 0 Å². The van der Waals surface area contributed by atoms with E-state index in [2.05, 4.69) is 15.0 Å². The molecule has 0 amide bonds. The minimum absolute atomic E-state index is 0.340. The van der Waals surface area contributed by atoms with Crippen LogP contribution in [-0.2, 0) is 13.6 Å². The Kier molecular flexibility index (Phi) is 3.98. The second-order valence-electron chi connectivity index (χ2n) is 6.13. The van der Waals surface area contributed by atoms with Crippen molar-refractivity contribution in [2.24, 2.45) is 7.05 Å². The van der Waals surface area contributed by atoms with Crippen molar-refractivity contribution in [2.75, 3.05) is 13.2 Å². The average Bonchev–Trinajstić information content (AvgIpc) is 2.99. The number of rotatable bonds is 4. The normalized spacial score (nSPS) is 13.3. The highest BCUT2D eigenvalue weighted by Gasteiger charge is 2.20. The Bertz CT molecular complexity index is 1090. The molecule has 9 heteroatoms. The number of aromatic nitrogens is 5. The molecule has 3 aromatic rings. The highest BCUT2D eigenvalue weighted by atomic mass is 16.6. The van der Waals surface area contributed by atoms with Crippen LogP contribution in [0.15, 0.2) is 21.7 Å². The van der Waals surface area contributed by atoms with Crippen molar-refractivity contribution >= 4 is 11.2 Å². The molecule has 0 saturated carbocycles. The van der Waals surface area contributed by atoms with Crippen molar-refractivity contribution in [1.82, 2.24) is 24.1 Å². The third kappa shape index (κ3) is 2.56. The molecule has 1 aliphatic heterocycles. The van der Waals surface area contributed by atoms with Crippen LogP contribution in [0.5, 0.6) is 11.6 Å². The first-order valence-corrected chi connectivity index (χ1v) is 8.56. The summed E-state index contributed by atoms with van der Waals surface area (Å²) in [6.45, 7) is 3.45. The smallest absolute Gasteiger partial charge is 0.330 e. The van der Waals surface area contributed by atoms with E-state index in [0.29, 0.717) is 54.1 Å². The zero-order valence-corrected chi connectivity index (χ0v) is 14.6. The molecule has 0 spiro atoms. The third-order valence-corrected chi connectivity index (χ3v) is 4.38. The Labute approximate surface area is 148 Å². The Balaban J connectivity index is 1.91. The maximum Gasteiger partial charge on any atom is 0.330 e. The summed E-state index contributed by atoms with van der Waals surface area (Å²) >= 11 is 0. The van der Waals surface area contributed by atoms with Gasteiger partial charge in [0, 0.05) is 13.6 Å². The molecule has 9 nitrogen and oxygen atoms in total. The highest BCUT2D eigenvalue weighted by Crippen LogP contribution is 2.31. The van der Waals surface area contributed by atoms with Gasteiger partial charge < -0.3 is 14.0 Å². The van der Waals surface area contributed by atoms with Crippen LogP contribution in [0.2, 0.25) is 0 Å². The van der Waals surface area contributed by atoms with Gasteiger partial charge in [0.1, 0.15) is 18.9 Å². The molecule has 0 radical (unpaired) electrons. The van der Waals surface area contributed by atoms with Gasteiger partial charge in [0.25, 0.3) is 11.4 Å². The second-order valence-corrected chi connectivity index (χ2v) is 6.13. The topological polar surface area (TPSA) is 104 Å². The van der Waals surface area contributed by atoms with Gasteiger partial charge in [-0.2, -0.15) is 0 Å². The number of imidazole rings is 1. The second kappa shape index (κ2) is 6.32. The van der Waals surface area contributed by atoms with E-state index < -0.39 is 11.2 Å². The van der Waals surface area contributed by atoms with Crippen molar-refractivity contribution < 1.29 is 9.47 Å². The number of pyridine rings is 1. The van der Waals surface area contributed by atoms with Gasteiger partial charge in [-0.05, 0) is 18.6 Å². The lowest BCUT2D eigenvalue weighted by Gasteiger charge is -2.17. The maximum absolute atomic E-state index is 12.3. The number of H-pyrrole nitrogens is 1. The highest BCUT2D eigenvalue weighted by molar-refractivity contribution is 5.76. The third-order valence-electron chi connectivity index (χ3n) is 4.38. The summed E-state index contributed by atoms with van der Waals surface area (Å²) in [5.41, 5.74) is 0.336. The molecule has 0 atom stereocenters. The summed E-state index contributed by atoms with van der Waals surface area (Å²) in [5.74, 6) is 1.47. The van der Waals surface area contributed by atoms with Crippen molar-refractivity contribution in [3.05, 3.63) is 33.0 Å². The van der Waals surface area contributed by atoms with Crippen LogP contribution in [0.3, 0.4) is 0 Å². The number of unbranched alkanes of at least 4 members (excludes halogenated alkanes) is 1. The first-order valence-electron chi connectivity index (χ1n) is 8.56. The maximum atomic E-state index is 12.3. The van der Waals surface area contributed by atoms with Crippen LogP contribution in [0.4, 0.5) is 0 Å². The quantitative estimate of drug-likeness (QED) is 0.749. The summed E-state index contributed by atoms with van der Waals surface area (Å²) in [7, 11) is 1.73. The number of hydrogen-bond acceptors (Lipinski definition) is 6. The largest absolute Gasteiger partial charge is 0.484 e. The SMILES string of the molecule is CCCCn1c(=O)[nH]c(=O)c2c1nc(-c1ccc3c(n1)OCCO3)n2C. The molecule has 136 valence electrons. The Morgan fingerprint density at radius 1 is 1.19 bits per heavy atom. The summed E-state index contributed by atoms with van der Waals surface area (Å²) in [4.78, 5) is 35.9. The summed E-state index contributed by atoms with van der Waals surface area (Å²) in [6.07, 6.45) is 1.74. The first-order chi connectivity index (χ1) is 12.6. The van der Waals surface area contributed by atoms with E-state index >= 15 is 0 Å². The van der Waals surface area contributed by atoms with Gasteiger partial charge in [-0.25, -0.2) is 14.8 Å². The van der Waals surface area contributed by atoms with E-state index in [0.717, 1.165) is 12.8 Å². The lowest BCUT2D eigenvalue weighted by Crippen LogP contribution is -2.31. The molecule has 26 heavy (non-hydrogen) atoms. The molecule has 3 aromatic heterocycles. The van der Waals surface area contributed by atoms with Crippen LogP contribution < -0.4 is 20.7 Å². The van der Waals surface area contributed by atoms with Crippen molar-refractivity contribution in [2.45, 2.75) is 26.3 Å². The number of fused-ring (bicyclic) bond motifs is 2. The van der Waals surface area contributed by atoms with Crippen LogP contribution in [0.1, 0.15) is 19.8 Å². The van der Waals surface area contributed by atoms with Crippen LogP contribution in [-0.4, -0.2) is 37.3 Å². The Hall–Kier alpha value is -3.10. The fraction of sp³-hybridized carbons (Fsp3) is 0.412. The van der Waals surface area contributed by atoms with Gasteiger partial charge in [-0.1, -0.05) is 13.3 Å². The van der Waals surface area contributed by atoms with E-state index in [9.17, 15) is 9.59 Å². The van der Waals surface area contributed by atoms with Crippen molar-refractivity contribution in [3.63, 3.8) is 0 Å². The molecular weight excluding hydrogens is 338 g/mol. The van der Waals surface area contributed by atoms with Gasteiger partial charge in [-0.15, -0.1) is 0 Å². The van der Waals surface area contributed by atoms with Gasteiger partial charge in [0.2, 0.25) is 0 Å². The predicted octanol–water partition coefficient (Wildman–Crippen LogP) is 1.06. The molecule has 0 unspecified atom stereocenters. The fourth-order valence-electron chi connectivity index (χ4n) is 3.05. The van der Waals surface area contributed by atoms with E-state index in [1.54, 1.807) is 23.7 Å². The Morgan fingerprint density at radius 2 is 2.00 bits per heavy atom. The molecule has 0 bridgehead atoms. The number of aryl methyl sites for hydroxylation is 2. The van der Waals surface area contributed by atoms with E-state index in [1.807, 2.05) is 6.92 Å². The van der Waals surface area contributed by atoms with Crippen molar-refractivity contribution in [1.29, 1.82) is 0 Å². The molecule has 0 saturated heterocycles. The molecule has 1 N–H and O–H groups in total. The van der Waals surface area contributed by atoms with E-state index in [-0.39, 0.29) is 0 Å². The average molecular weight is 357 g/mol. The molecule has 1 aliphatic rings. The van der Waals surface area contributed by atoms with Crippen molar-refractivity contribution in [3.8, 4) is 23.1 Å². The molecule has 0 aromatic carbocycles. The minimum atomic E-state index is -0.462. The summed E-state index contributed by atoms with van der Waals surface area (Å²) < 4.78 is 14.2. The molecule has 4 rings (SSSR count). The standard InChI is InChI=1S/C17H19N5O4/c1-3-4-7-22-14-12(15(23)20-17(22)24)21(2)13(19-14)10-5-6-11-16(18-10)26-9-8-25-11/h5-6H,3-4,7-9H2,1-2H3,(H,20,23,24). The van der Waals surface area contributed by atoms with Gasteiger partial charge in [-0.3, -0.25) is 14.3 Å². The zero-order chi connectivity index (χ0) is 18.3. The number of nitrogens with zero attached hydrogens (tertiary/aromatic N) is 4. The summed E-state index contributed by atoms with van der Waals surface area (Å²) in [5, 5.41) is 0. The lowest BCUT2D eigenvalue weighted by molar-refractivity contribution is 0.164. The van der Waals surface area contributed by atoms with E-state index in [4.69, 9.17) is 9.47 Å². The number of hydrogen-bond donors (Lipinski definition) is 1. The van der Waals surface area contributed by atoms with Gasteiger partial charge in [0.05, 0.1) is 0 Å². The molecule has 0 aliphatic carbocycles. The number of nitrogens with one attached hydrogen (secondary N) is 1. The molecule has 0 fully saturated rings. The number of ether oxygens (including phenoxy) is 2. The molecular formula is C17H19N5O4. The van der Waals surface area contributed by atoms with Gasteiger partial charge >= 0.3 is 5.69 Å². The fourth-order valence-corrected chi connectivity index (χ4v) is 3.05. The monoisotopic (exact) mass is 357 g/mol. The van der Waals surface area contributed by atoms with Crippen LogP contribution >= 0.6 is 0 Å². The zero-order valence-electron chi connectivity index (χ0n) is 14.6. The predicted molar refractivity (Wildman–Crippen MR) is 94.7 cm³/mol. The number of aromatic amines is 1. The molecule has 4 heterocycles. The van der Waals surface area contributed by atoms with Crippen LogP contribution in [0.25, 0.3) is 22.7 Å².